The second-order valence-electron chi connectivity index (χ2n) is 2.42. The van der Waals surface area contributed by atoms with E-state index in [1.54, 1.807) is 0 Å². The van der Waals surface area contributed by atoms with Gasteiger partial charge in [0.25, 0.3) is 0 Å². The zero-order valence-electron chi connectivity index (χ0n) is 6.69. The van der Waals surface area contributed by atoms with E-state index in [0.29, 0.717) is 0 Å². The van der Waals surface area contributed by atoms with E-state index in [1.165, 1.54) is 35.0 Å². The number of nitrogens with zero attached hydrogens (tertiary/aromatic N) is 1. The van der Waals surface area contributed by atoms with Gasteiger partial charge < -0.3 is 0 Å². The maximum absolute atomic E-state index is 8.27. The summed E-state index contributed by atoms with van der Waals surface area (Å²) in [6.07, 6.45) is 1.42. The summed E-state index contributed by atoms with van der Waals surface area (Å²) in [5.74, 6) is 0. The first-order valence-electron chi connectivity index (χ1n) is 3.52. The van der Waals surface area contributed by atoms with Gasteiger partial charge in [-0.25, -0.2) is 0 Å². The average Bonchev–Trinajstić information content (AvgIpc) is 2.06. The Kier molecular flexibility index (Phi) is 3.36. The van der Waals surface area contributed by atoms with Gasteiger partial charge in [0.15, 0.2) is 0 Å². The third kappa shape index (κ3) is 2.38. The molecule has 2 nitrogen and oxygen atoms in total. The van der Waals surface area contributed by atoms with Gasteiger partial charge in [-0.3, -0.25) is 0 Å². The number of rotatable bonds is 2. The number of hydrogen-bond donors (Lipinski definition) is 1. The second-order valence-corrected chi connectivity index (χ2v) is 4.62. The summed E-state index contributed by atoms with van der Waals surface area (Å²) in [6, 6.07) is 7.92. The fourth-order valence-electron chi connectivity index (χ4n) is 0.871. The van der Waals surface area contributed by atoms with Gasteiger partial charge in [0.05, 0.1) is 0 Å². The molecule has 1 N–H and O–H groups in total. The van der Waals surface area contributed by atoms with Crippen LogP contribution < -0.4 is 0 Å². The zero-order chi connectivity index (χ0) is 8.97. The average molecular weight is 331 g/mol. The van der Waals surface area contributed by atoms with Gasteiger partial charge in [-0.1, -0.05) is 0 Å². The third-order valence-electron chi connectivity index (χ3n) is 1.52. The SMILES string of the molecule is C[C](=[W])c1ccc(/C=N/O)cc1. The molecule has 0 atom stereocenters. The monoisotopic (exact) mass is 331 g/mol. The van der Waals surface area contributed by atoms with Crippen LogP contribution in [0.25, 0.3) is 0 Å². The molecule has 62 valence electrons. The van der Waals surface area contributed by atoms with E-state index in [-0.39, 0.29) is 0 Å². The Morgan fingerprint density at radius 1 is 1.42 bits per heavy atom. The topological polar surface area (TPSA) is 32.6 Å². The Labute approximate surface area is 82.3 Å². The number of benzene rings is 1. The zero-order valence-corrected chi connectivity index (χ0v) is 9.62. The first kappa shape index (κ1) is 9.34. The van der Waals surface area contributed by atoms with Gasteiger partial charge in [0.2, 0.25) is 0 Å². The van der Waals surface area contributed by atoms with Gasteiger partial charge in [0, 0.05) is 0 Å². The van der Waals surface area contributed by atoms with E-state index in [9.17, 15) is 0 Å². The molecular formula is C9H9NOW. The van der Waals surface area contributed by atoms with Crippen molar-refractivity contribution in [2.45, 2.75) is 6.92 Å². The fourth-order valence-corrected chi connectivity index (χ4v) is 1.36. The van der Waals surface area contributed by atoms with Crippen molar-refractivity contribution in [1.82, 2.24) is 0 Å². The normalized spacial score (nSPS) is 10.4. The predicted molar refractivity (Wildman–Crippen MR) is 45.6 cm³/mol. The molecule has 0 aromatic heterocycles. The van der Waals surface area contributed by atoms with E-state index in [0.717, 1.165) is 5.56 Å². The van der Waals surface area contributed by atoms with Gasteiger partial charge >= 0.3 is 82.1 Å². The Morgan fingerprint density at radius 2 is 2.00 bits per heavy atom. The van der Waals surface area contributed by atoms with Crippen LogP contribution in [-0.2, 0) is 19.4 Å². The van der Waals surface area contributed by atoms with Crippen molar-refractivity contribution in [2.24, 2.45) is 5.16 Å². The van der Waals surface area contributed by atoms with E-state index in [1.807, 2.05) is 24.3 Å². The van der Waals surface area contributed by atoms with Crippen LogP contribution in [0.4, 0.5) is 0 Å². The van der Waals surface area contributed by atoms with Crippen molar-refractivity contribution in [2.75, 3.05) is 0 Å². The summed E-state index contributed by atoms with van der Waals surface area (Å²) < 4.78 is 1.36. The van der Waals surface area contributed by atoms with Crippen LogP contribution in [0.3, 0.4) is 0 Å². The number of oxime groups is 1. The Hall–Kier alpha value is -0.752. The van der Waals surface area contributed by atoms with Crippen molar-refractivity contribution in [3.05, 3.63) is 35.4 Å². The van der Waals surface area contributed by atoms with Crippen molar-refractivity contribution in [3.63, 3.8) is 0 Å². The Bertz CT molecular complexity index is 303. The Morgan fingerprint density at radius 3 is 2.42 bits per heavy atom. The summed E-state index contributed by atoms with van der Waals surface area (Å²) in [5.41, 5.74) is 2.16. The Balaban J connectivity index is 2.93. The molecule has 0 bridgehead atoms. The van der Waals surface area contributed by atoms with E-state index < -0.39 is 0 Å². The van der Waals surface area contributed by atoms with E-state index in [4.69, 9.17) is 5.21 Å². The quantitative estimate of drug-likeness (QED) is 0.498. The van der Waals surface area contributed by atoms with Gasteiger partial charge in [-0.05, 0) is 0 Å². The summed E-state index contributed by atoms with van der Waals surface area (Å²) in [5, 5.41) is 11.2. The minimum atomic E-state index is 0.914. The van der Waals surface area contributed by atoms with E-state index >= 15 is 0 Å². The number of hydrogen-bond acceptors (Lipinski definition) is 2. The molecule has 0 saturated carbocycles. The summed E-state index contributed by atoms with van der Waals surface area (Å²) in [6.45, 7) is 2.10. The summed E-state index contributed by atoms with van der Waals surface area (Å²) in [4.78, 5) is 0. The van der Waals surface area contributed by atoms with Crippen molar-refractivity contribution in [3.8, 4) is 0 Å². The summed E-state index contributed by atoms with van der Waals surface area (Å²) >= 11 is 1.48. The first-order valence-corrected chi connectivity index (χ1v) is 4.99. The fraction of sp³-hybridized carbons (Fsp3) is 0.111. The molecule has 0 radical (unpaired) electrons. The van der Waals surface area contributed by atoms with Crippen LogP contribution in [0, 0.1) is 0 Å². The molecule has 1 aromatic carbocycles. The molecular weight excluding hydrogens is 322 g/mol. The molecule has 0 saturated heterocycles. The summed E-state index contributed by atoms with van der Waals surface area (Å²) in [7, 11) is 0. The van der Waals surface area contributed by atoms with Crippen molar-refractivity contribution in [1.29, 1.82) is 0 Å². The molecule has 0 aliphatic rings. The molecule has 1 aromatic rings. The van der Waals surface area contributed by atoms with Crippen molar-refractivity contribution < 1.29 is 24.6 Å². The molecule has 12 heavy (non-hydrogen) atoms. The van der Waals surface area contributed by atoms with Crippen LogP contribution in [0.15, 0.2) is 29.4 Å². The molecule has 0 fully saturated rings. The van der Waals surface area contributed by atoms with Crippen LogP contribution in [0.5, 0.6) is 0 Å². The maximum atomic E-state index is 8.27. The van der Waals surface area contributed by atoms with Gasteiger partial charge in [0.1, 0.15) is 0 Å². The standard InChI is InChI=1S/C9H9NO.W/c1-2-8-3-5-9(6-4-8)7-10-11;/h3-7,11H,1H3;/b10-7+;. The third-order valence-corrected chi connectivity index (χ3v) is 2.37. The molecule has 0 spiro atoms. The molecule has 0 heterocycles. The van der Waals surface area contributed by atoms with Crippen LogP contribution in [0.1, 0.15) is 18.1 Å². The van der Waals surface area contributed by atoms with E-state index in [2.05, 4.69) is 12.1 Å². The van der Waals surface area contributed by atoms with Gasteiger partial charge in [-0.2, -0.15) is 0 Å². The first-order chi connectivity index (χ1) is 5.74. The molecule has 1 rings (SSSR count). The second kappa shape index (κ2) is 4.32. The molecule has 0 aliphatic heterocycles. The van der Waals surface area contributed by atoms with Gasteiger partial charge in [-0.15, -0.1) is 0 Å². The molecule has 0 aliphatic carbocycles. The van der Waals surface area contributed by atoms with Crippen LogP contribution in [0.2, 0.25) is 0 Å². The van der Waals surface area contributed by atoms with Crippen LogP contribution in [-0.4, -0.2) is 15.3 Å². The minimum absolute atomic E-state index is 0.914. The molecule has 0 unspecified atom stereocenters. The predicted octanol–water partition coefficient (Wildman–Crippen LogP) is 1.58. The molecule has 3 heteroatoms. The van der Waals surface area contributed by atoms with Crippen molar-refractivity contribution >= 4 is 10.1 Å². The molecule has 0 amide bonds. The van der Waals surface area contributed by atoms with Crippen LogP contribution >= 0.6 is 0 Å².